The Bertz CT molecular complexity index is 588. The van der Waals surface area contributed by atoms with Crippen LogP contribution in [-0.4, -0.2) is 42.9 Å². The predicted octanol–water partition coefficient (Wildman–Crippen LogP) is 1.98. The first-order valence-electron chi connectivity index (χ1n) is 8.01. The zero-order valence-electron chi connectivity index (χ0n) is 12.8. The predicted molar refractivity (Wildman–Crippen MR) is 79.9 cm³/mol. The van der Waals surface area contributed by atoms with E-state index in [1.807, 2.05) is 23.1 Å². The summed E-state index contributed by atoms with van der Waals surface area (Å²) in [4.78, 5) is 14.5. The lowest BCUT2D eigenvalue weighted by Gasteiger charge is -2.34. The average molecular weight is 303 g/mol. The Balaban J connectivity index is 1.40. The molecule has 1 amide bonds. The molecular formula is C17H21NO4. The minimum absolute atomic E-state index is 0.192. The number of amides is 1. The van der Waals surface area contributed by atoms with E-state index in [1.165, 1.54) is 0 Å². The van der Waals surface area contributed by atoms with E-state index in [0.29, 0.717) is 24.5 Å². The van der Waals surface area contributed by atoms with Gasteiger partial charge >= 0.3 is 0 Å². The zero-order chi connectivity index (χ0) is 15.1. The maximum atomic E-state index is 12.6. The highest BCUT2D eigenvalue weighted by molar-refractivity contribution is 5.79. The molecule has 3 atom stereocenters. The maximum Gasteiger partial charge on any atom is 0.231 e. The van der Waals surface area contributed by atoms with Gasteiger partial charge in [0.25, 0.3) is 0 Å². The van der Waals surface area contributed by atoms with Gasteiger partial charge in [0.15, 0.2) is 11.5 Å². The molecule has 118 valence electrons. The van der Waals surface area contributed by atoms with E-state index >= 15 is 0 Å². The van der Waals surface area contributed by atoms with Gasteiger partial charge < -0.3 is 19.1 Å². The van der Waals surface area contributed by atoms with Gasteiger partial charge in [-0.25, -0.2) is 0 Å². The van der Waals surface area contributed by atoms with Crippen LogP contribution in [0.15, 0.2) is 18.2 Å². The molecule has 3 heterocycles. The van der Waals surface area contributed by atoms with E-state index in [1.54, 1.807) is 0 Å². The van der Waals surface area contributed by atoms with Crippen molar-refractivity contribution in [3.8, 4) is 11.5 Å². The highest BCUT2D eigenvalue weighted by Gasteiger charge is 2.38. The van der Waals surface area contributed by atoms with Crippen molar-refractivity contribution in [2.45, 2.75) is 38.4 Å². The summed E-state index contributed by atoms with van der Waals surface area (Å²) in [5.41, 5.74) is 0.979. The fraction of sp³-hybridized carbons (Fsp3) is 0.588. The molecule has 0 bridgehead atoms. The molecule has 0 unspecified atom stereocenters. The van der Waals surface area contributed by atoms with Crippen LogP contribution in [0, 0.1) is 5.92 Å². The number of ether oxygens (including phenoxy) is 3. The summed E-state index contributed by atoms with van der Waals surface area (Å²) in [6.45, 7) is 4.02. The molecular weight excluding hydrogens is 282 g/mol. The van der Waals surface area contributed by atoms with E-state index in [2.05, 4.69) is 6.92 Å². The molecule has 4 rings (SSSR count). The van der Waals surface area contributed by atoms with Crippen molar-refractivity contribution in [1.82, 2.24) is 4.90 Å². The largest absolute Gasteiger partial charge is 0.454 e. The molecule has 1 aromatic rings. The molecule has 2 saturated heterocycles. The number of hydrogen-bond donors (Lipinski definition) is 0. The third-order valence-electron chi connectivity index (χ3n) is 4.85. The van der Waals surface area contributed by atoms with Gasteiger partial charge in [0.1, 0.15) is 0 Å². The average Bonchev–Trinajstić information content (AvgIpc) is 3.10. The zero-order valence-corrected chi connectivity index (χ0v) is 12.8. The summed E-state index contributed by atoms with van der Waals surface area (Å²) < 4.78 is 16.6. The minimum atomic E-state index is 0.192. The number of hydrogen-bond acceptors (Lipinski definition) is 4. The lowest BCUT2D eigenvalue weighted by atomic mass is 9.92. The van der Waals surface area contributed by atoms with Crippen molar-refractivity contribution in [2.24, 2.45) is 5.92 Å². The Kier molecular flexibility index (Phi) is 3.45. The minimum Gasteiger partial charge on any atom is -0.454 e. The van der Waals surface area contributed by atoms with Gasteiger partial charge in [-0.1, -0.05) is 6.07 Å². The van der Waals surface area contributed by atoms with E-state index in [4.69, 9.17) is 14.2 Å². The fourth-order valence-electron chi connectivity index (χ4n) is 3.76. The summed E-state index contributed by atoms with van der Waals surface area (Å²) in [7, 11) is 0. The third-order valence-corrected chi connectivity index (χ3v) is 4.85. The quantitative estimate of drug-likeness (QED) is 0.838. The first-order chi connectivity index (χ1) is 10.7. The van der Waals surface area contributed by atoms with Gasteiger partial charge in [-0.05, 0) is 37.5 Å². The molecule has 1 aromatic carbocycles. The van der Waals surface area contributed by atoms with Gasteiger partial charge in [-0.15, -0.1) is 0 Å². The molecule has 0 saturated carbocycles. The standard InChI is InChI=1S/C17H21NO4/c1-11-6-13-9-18(5-4-14(13)22-11)17(19)8-12-2-3-15-16(7-12)21-10-20-15/h2-3,7,11,13-14H,4-6,8-10H2,1H3/t11-,13-,14-/m1/s1. The van der Waals surface area contributed by atoms with Crippen LogP contribution < -0.4 is 9.47 Å². The van der Waals surface area contributed by atoms with Crippen molar-refractivity contribution in [3.63, 3.8) is 0 Å². The smallest absolute Gasteiger partial charge is 0.231 e. The summed E-state index contributed by atoms with van der Waals surface area (Å²) in [5.74, 6) is 2.19. The number of rotatable bonds is 2. The summed E-state index contributed by atoms with van der Waals surface area (Å²) >= 11 is 0. The highest BCUT2D eigenvalue weighted by Crippen LogP contribution is 2.34. The summed E-state index contributed by atoms with van der Waals surface area (Å²) in [6.07, 6.45) is 3.13. The van der Waals surface area contributed by atoms with Crippen LogP contribution in [0.5, 0.6) is 11.5 Å². The number of carbonyl (C=O) groups excluding carboxylic acids is 1. The van der Waals surface area contributed by atoms with Crippen LogP contribution in [0.3, 0.4) is 0 Å². The van der Waals surface area contributed by atoms with Crippen LogP contribution in [0.25, 0.3) is 0 Å². The molecule has 5 heteroatoms. The Morgan fingerprint density at radius 2 is 2.18 bits per heavy atom. The molecule has 2 fully saturated rings. The van der Waals surface area contributed by atoms with Crippen molar-refractivity contribution in [1.29, 1.82) is 0 Å². The molecule has 5 nitrogen and oxygen atoms in total. The van der Waals surface area contributed by atoms with Gasteiger partial charge in [0.05, 0.1) is 18.6 Å². The SMILES string of the molecule is C[C@@H]1C[C@@H]2CN(C(=O)Cc3ccc4c(c3)OCO4)CC[C@H]2O1. The number of nitrogens with zero attached hydrogens (tertiary/aromatic N) is 1. The lowest BCUT2D eigenvalue weighted by molar-refractivity contribution is -0.133. The monoisotopic (exact) mass is 303 g/mol. The van der Waals surface area contributed by atoms with Crippen LogP contribution >= 0.6 is 0 Å². The van der Waals surface area contributed by atoms with Crippen LogP contribution in [0.4, 0.5) is 0 Å². The summed E-state index contributed by atoms with van der Waals surface area (Å²) in [6, 6.07) is 5.73. The van der Waals surface area contributed by atoms with Crippen molar-refractivity contribution in [3.05, 3.63) is 23.8 Å². The first-order valence-corrected chi connectivity index (χ1v) is 8.01. The number of fused-ring (bicyclic) bond motifs is 2. The Morgan fingerprint density at radius 3 is 3.09 bits per heavy atom. The third kappa shape index (κ3) is 2.54. The second-order valence-corrected chi connectivity index (χ2v) is 6.47. The number of benzene rings is 1. The summed E-state index contributed by atoms with van der Waals surface area (Å²) in [5, 5.41) is 0. The normalized spacial score (nSPS) is 29.5. The van der Waals surface area contributed by atoms with Crippen LogP contribution in [-0.2, 0) is 16.0 Å². The molecule has 3 aliphatic rings. The van der Waals surface area contributed by atoms with E-state index < -0.39 is 0 Å². The molecule has 3 aliphatic heterocycles. The Labute approximate surface area is 130 Å². The molecule has 0 aromatic heterocycles. The van der Waals surface area contributed by atoms with Gasteiger partial charge in [0, 0.05) is 19.0 Å². The second kappa shape index (κ2) is 5.47. The fourth-order valence-corrected chi connectivity index (χ4v) is 3.76. The van der Waals surface area contributed by atoms with E-state index in [0.717, 1.165) is 43.0 Å². The maximum absolute atomic E-state index is 12.6. The van der Waals surface area contributed by atoms with Crippen LogP contribution in [0.2, 0.25) is 0 Å². The molecule has 0 aliphatic carbocycles. The van der Waals surface area contributed by atoms with Gasteiger partial charge in [-0.2, -0.15) is 0 Å². The molecule has 22 heavy (non-hydrogen) atoms. The number of carbonyl (C=O) groups is 1. The Morgan fingerprint density at radius 1 is 1.32 bits per heavy atom. The highest BCUT2D eigenvalue weighted by atomic mass is 16.7. The van der Waals surface area contributed by atoms with Crippen LogP contribution in [0.1, 0.15) is 25.3 Å². The van der Waals surface area contributed by atoms with Gasteiger partial charge in [-0.3, -0.25) is 4.79 Å². The number of piperidine rings is 1. The first kappa shape index (κ1) is 13.9. The molecule has 0 radical (unpaired) electrons. The number of likely N-dealkylation sites (tertiary alicyclic amines) is 1. The topological polar surface area (TPSA) is 48.0 Å². The second-order valence-electron chi connectivity index (χ2n) is 6.47. The van der Waals surface area contributed by atoms with Gasteiger partial charge in [0.2, 0.25) is 12.7 Å². The van der Waals surface area contributed by atoms with E-state index in [-0.39, 0.29) is 12.7 Å². The van der Waals surface area contributed by atoms with Crippen molar-refractivity contribution < 1.29 is 19.0 Å². The van der Waals surface area contributed by atoms with E-state index in [9.17, 15) is 4.79 Å². The molecule has 0 spiro atoms. The van der Waals surface area contributed by atoms with Crippen molar-refractivity contribution >= 4 is 5.91 Å². The lowest BCUT2D eigenvalue weighted by Crippen LogP contribution is -2.45. The Hall–Kier alpha value is -1.75. The molecule has 0 N–H and O–H groups in total. The van der Waals surface area contributed by atoms with Crippen molar-refractivity contribution in [2.75, 3.05) is 19.9 Å².